The molecule has 0 aliphatic heterocycles. The quantitative estimate of drug-likeness (QED) is 0.145. The zero-order chi connectivity index (χ0) is 25.1. The molecule has 33 heavy (non-hydrogen) atoms. The summed E-state index contributed by atoms with van der Waals surface area (Å²) in [6, 6.07) is 7.54. The summed E-state index contributed by atoms with van der Waals surface area (Å²) in [5.74, 6) is -0.930. The molecule has 0 unspecified atom stereocenters. The van der Waals surface area contributed by atoms with Crippen molar-refractivity contribution in [3.8, 4) is 23.0 Å². The van der Waals surface area contributed by atoms with Crippen molar-refractivity contribution in [3.63, 3.8) is 0 Å². The zero-order valence-corrected chi connectivity index (χ0v) is 19.3. The average molecular weight is 509 g/mol. The Morgan fingerprint density at radius 1 is 0.727 bits per heavy atom. The summed E-state index contributed by atoms with van der Waals surface area (Å²) >= 11 is 0. The fourth-order valence-electron chi connectivity index (χ4n) is 1.38. The van der Waals surface area contributed by atoms with E-state index in [-0.39, 0.29) is 50.6 Å². The minimum atomic E-state index is -0.372. The van der Waals surface area contributed by atoms with Crippen LogP contribution in [0.2, 0.25) is 0 Å². The van der Waals surface area contributed by atoms with E-state index in [1.165, 1.54) is 34.1 Å². The Morgan fingerprint density at radius 3 is 1.18 bits per heavy atom. The van der Waals surface area contributed by atoms with Crippen LogP contribution in [0.3, 0.4) is 0 Å². The monoisotopic (exact) mass is 508 g/mol. The SMILES string of the molecule is CN(C)C=O.CN(C)C=O.[Ni+2].[O-]c1cc(O)ccc1/C=N/O.[O-]c1cc(O)ccc1/C=N/O. The Kier molecular flexibility index (Phi) is 20.3. The van der Waals surface area contributed by atoms with E-state index in [0.717, 1.165) is 37.4 Å². The summed E-state index contributed by atoms with van der Waals surface area (Å²) in [6.45, 7) is 0. The Balaban J connectivity index is -0.000000386. The van der Waals surface area contributed by atoms with Crippen LogP contribution in [-0.2, 0) is 26.1 Å². The van der Waals surface area contributed by atoms with Gasteiger partial charge in [0.25, 0.3) is 0 Å². The molecule has 0 spiro atoms. The van der Waals surface area contributed by atoms with Crippen molar-refractivity contribution in [2.24, 2.45) is 10.3 Å². The van der Waals surface area contributed by atoms with Gasteiger partial charge in [-0.25, -0.2) is 0 Å². The third-order valence-corrected chi connectivity index (χ3v) is 2.81. The van der Waals surface area contributed by atoms with Gasteiger partial charge in [-0.1, -0.05) is 33.9 Å². The molecule has 12 nitrogen and oxygen atoms in total. The summed E-state index contributed by atoms with van der Waals surface area (Å²) in [7, 11) is 6.75. The first kappa shape index (κ1) is 33.6. The van der Waals surface area contributed by atoms with Crippen LogP contribution >= 0.6 is 0 Å². The minimum Gasteiger partial charge on any atom is -0.872 e. The average Bonchev–Trinajstić information content (AvgIpc) is 2.73. The van der Waals surface area contributed by atoms with E-state index < -0.39 is 0 Å². The number of oxime groups is 2. The van der Waals surface area contributed by atoms with Crippen LogP contribution in [0, 0.1) is 0 Å². The minimum absolute atomic E-state index is 0. The number of amides is 2. The molecular weight excluding hydrogens is 483 g/mol. The number of carbonyl (C=O) groups excluding carboxylic acids is 2. The van der Waals surface area contributed by atoms with Crippen LogP contribution in [-0.4, -0.2) is 83.9 Å². The number of aromatic hydroxyl groups is 2. The number of carbonyl (C=O) groups is 2. The van der Waals surface area contributed by atoms with Gasteiger partial charge in [0.15, 0.2) is 0 Å². The van der Waals surface area contributed by atoms with E-state index in [9.17, 15) is 19.8 Å². The van der Waals surface area contributed by atoms with Crippen molar-refractivity contribution in [1.82, 2.24) is 9.80 Å². The second-order valence-corrected chi connectivity index (χ2v) is 6.07. The van der Waals surface area contributed by atoms with E-state index in [4.69, 9.17) is 20.6 Å². The Bertz CT molecular complexity index is 806. The van der Waals surface area contributed by atoms with Crippen LogP contribution in [0.1, 0.15) is 11.1 Å². The first-order valence-corrected chi connectivity index (χ1v) is 8.60. The smallest absolute Gasteiger partial charge is 0.872 e. The number of rotatable bonds is 4. The third kappa shape index (κ3) is 18.5. The Hall–Kier alpha value is -3.99. The standard InChI is InChI=1S/2C7H7NO3.2C3H7NO.Ni/c2*9-6-2-1-5(4-8-11)7(10)3-6;2*1-4(2)3-5;/h2*1-4,9-11H;2*3H,1-2H3;/q;;;;+2/p-2/b2*8-4+;;;. The molecule has 0 atom stereocenters. The van der Waals surface area contributed by atoms with E-state index in [1.54, 1.807) is 28.2 Å². The number of hydrogen-bond acceptors (Lipinski definition) is 10. The Morgan fingerprint density at radius 2 is 1.00 bits per heavy atom. The van der Waals surface area contributed by atoms with Gasteiger partial charge in [0, 0.05) is 28.2 Å². The van der Waals surface area contributed by atoms with Gasteiger partial charge in [0.1, 0.15) is 11.5 Å². The molecule has 4 N–H and O–H groups in total. The second kappa shape index (κ2) is 19.9. The van der Waals surface area contributed by atoms with Crippen molar-refractivity contribution >= 4 is 25.2 Å². The predicted molar refractivity (Wildman–Crippen MR) is 113 cm³/mol. The van der Waals surface area contributed by atoms with Crippen molar-refractivity contribution in [3.05, 3.63) is 47.5 Å². The van der Waals surface area contributed by atoms with Gasteiger partial charge in [0.2, 0.25) is 12.8 Å². The first-order chi connectivity index (χ1) is 15.0. The molecule has 2 amide bonds. The predicted octanol–water partition coefficient (Wildman–Crippen LogP) is -0.0459. The molecule has 2 rings (SSSR count). The van der Waals surface area contributed by atoms with Crippen LogP contribution < -0.4 is 10.2 Å². The molecule has 0 aromatic heterocycles. The van der Waals surface area contributed by atoms with E-state index in [1.807, 2.05) is 0 Å². The molecule has 0 aliphatic carbocycles. The van der Waals surface area contributed by atoms with Gasteiger partial charge < -0.3 is 40.6 Å². The third-order valence-electron chi connectivity index (χ3n) is 2.81. The molecule has 13 heteroatoms. The van der Waals surface area contributed by atoms with E-state index >= 15 is 0 Å². The van der Waals surface area contributed by atoms with Crippen molar-refractivity contribution in [1.29, 1.82) is 0 Å². The van der Waals surface area contributed by atoms with Crippen LogP contribution in [0.15, 0.2) is 46.7 Å². The topological polar surface area (TPSA) is 192 Å². The fraction of sp³-hybridized carbons (Fsp3) is 0.200. The molecule has 0 aliphatic rings. The summed E-state index contributed by atoms with van der Waals surface area (Å²) in [5, 5.41) is 60.9. The van der Waals surface area contributed by atoms with Crippen molar-refractivity contribution < 1.29 is 56.9 Å². The zero-order valence-electron chi connectivity index (χ0n) is 18.3. The molecule has 2 aromatic rings. The number of benzene rings is 2. The van der Waals surface area contributed by atoms with E-state index in [0.29, 0.717) is 0 Å². The Labute approximate surface area is 201 Å². The van der Waals surface area contributed by atoms with Gasteiger partial charge in [-0.3, -0.25) is 9.59 Å². The van der Waals surface area contributed by atoms with Crippen LogP contribution in [0.4, 0.5) is 0 Å². The maximum Gasteiger partial charge on any atom is 2.00 e. The number of hydrogen-bond donors (Lipinski definition) is 4. The van der Waals surface area contributed by atoms with Crippen LogP contribution in [0.5, 0.6) is 23.0 Å². The maximum absolute atomic E-state index is 10.9. The number of nitrogens with zero attached hydrogens (tertiary/aromatic N) is 4. The number of phenolic OH excluding ortho intramolecular Hbond substituents is 2. The molecular formula is C20H26N4NiO8. The molecule has 0 fully saturated rings. The fourth-order valence-corrected chi connectivity index (χ4v) is 1.38. The maximum atomic E-state index is 10.9. The molecule has 0 saturated carbocycles. The molecule has 2 aromatic carbocycles. The summed E-state index contributed by atoms with van der Waals surface area (Å²) < 4.78 is 0. The number of phenols is 2. The summed E-state index contributed by atoms with van der Waals surface area (Å²) in [4.78, 5) is 21.8. The molecule has 184 valence electrons. The first-order valence-electron chi connectivity index (χ1n) is 8.60. The molecule has 0 saturated heterocycles. The largest absolute Gasteiger partial charge is 2.00 e. The molecule has 0 radical (unpaired) electrons. The normalized spacial score (nSPS) is 9.09. The molecule has 0 heterocycles. The van der Waals surface area contributed by atoms with Crippen LogP contribution in [0.25, 0.3) is 0 Å². The van der Waals surface area contributed by atoms with Crippen molar-refractivity contribution in [2.75, 3.05) is 28.2 Å². The summed E-state index contributed by atoms with van der Waals surface area (Å²) in [5.41, 5.74) is 0.482. The summed E-state index contributed by atoms with van der Waals surface area (Å²) in [6.07, 6.45) is 3.53. The molecule has 0 bridgehead atoms. The van der Waals surface area contributed by atoms with Gasteiger partial charge >= 0.3 is 16.5 Å². The van der Waals surface area contributed by atoms with Gasteiger partial charge in [-0.05, 0) is 35.4 Å². The second-order valence-electron chi connectivity index (χ2n) is 6.07. The van der Waals surface area contributed by atoms with Crippen molar-refractivity contribution in [2.45, 2.75) is 0 Å². The van der Waals surface area contributed by atoms with Gasteiger partial charge in [0.05, 0.1) is 12.4 Å². The van der Waals surface area contributed by atoms with Gasteiger partial charge in [-0.2, -0.15) is 0 Å². The van der Waals surface area contributed by atoms with E-state index in [2.05, 4.69) is 10.3 Å². The van der Waals surface area contributed by atoms with Gasteiger partial charge in [-0.15, -0.1) is 0 Å².